The lowest BCUT2D eigenvalue weighted by Crippen LogP contribution is -2.09. The predicted octanol–water partition coefficient (Wildman–Crippen LogP) is 1.97. The van der Waals surface area contributed by atoms with Gasteiger partial charge in [0.2, 0.25) is 0 Å². The summed E-state index contributed by atoms with van der Waals surface area (Å²) in [7, 11) is 0. The molecule has 7 heteroatoms. The average molecular weight is 252 g/mol. The first-order chi connectivity index (χ1) is 8.24. The van der Waals surface area contributed by atoms with Gasteiger partial charge < -0.3 is 11.1 Å². The lowest BCUT2D eigenvalue weighted by Gasteiger charge is -2.06. The molecule has 17 heavy (non-hydrogen) atoms. The van der Waals surface area contributed by atoms with Crippen LogP contribution in [0.3, 0.4) is 0 Å². The van der Waals surface area contributed by atoms with Crippen molar-refractivity contribution in [2.45, 2.75) is 6.42 Å². The van der Waals surface area contributed by atoms with Gasteiger partial charge in [-0.05, 0) is 25.1 Å². The van der Waals surface area contributed by atoms with E-state index in [-0.39, 0.29) is 5.69 Å². The predicted molar refractivity (Wildman–Crippen MR) is 68.4 cm³/mol. The van der Waals surface area contributed by atoms with Crippen LogP contribution in [0.5, 0.6) is 0 Å². The lowest BCUT2D eigenvalue weighted by atomic mass is 10.2. The van der Waals surface area contributed by atoms with Crippen molar-refractivity contribution >= 4 is 32.9 Å². The molecule has 0 saturated heterocycles. The number of hydrogen-bond acceptors (Lipinski definition) is 6. The molecular formula is C10H12N4O2S. The highest BCUT2D eigenvalue weighted by molar-refractivity contribution is 7.16. The summed E-state index contributed by atoms with van der Waals surface area (Å²) in [5.41, 5.74) is 7.98. The van der Waals surface area contributed by atoms with Gasteiger partial charge in [0.15, 0.2) is 5.52 Å². The van der Waals surface area contributed by atoms with E-state index < -0.39 is 4.92 Å². The quantitative estimate of drug-likeness (QED) is 0.482. The fraction of sp³-hybridized carbons (Fsp3) is 0.300. The smallest absolute Gasteiger partial charge is 0.319 e. The van der Waals surface area contributed by atoms with E-state index in [1.54, 1.807) is 11.6 Å². The average Bonchev–Trinajstić information content (AvgIpc) is 2.76. The maximum absolute atomic E-state index is 11.1. The Morgan fingerprint density at radius 3 is 3.06 bits per heavy atom. The fourth-order valence-electron chi connectivity index (χ4n) is 1.57. The Morgan fingerprint density at radius 1 is 1.53 bits per heavy atom. The van der Waals surface area contributed by atoms with E-state index in [0.29, 0.717) is 24.3 Å². The first kappa shape index (κ1) is 11.7. The maximum atomic E-state index is 11.1. The largest absolute Gasteiger partial charge is 0.379 e. The number of nitro benzene ring substituents is 1. The van der Waals surface area contributed by atoms with Crippen LogP contribution in [0.2, 0.25) is 0 Å². The molecule has 0 radical (unpaired) electrons. The van der Waals surface area contributed by atoms with Crippen molar-refractivity contribution < 1.29 is 4.92 Å². The number of anilines is 1. The van der Waals surface area contributed by atoms with Crippen molar-refractivity contribution in [1.82, 2.24) is 4.98 Å². The van der Waals surface area contributed by atoms with Crippen molar-refractivity contribution in [2.75, 3.05) is 18.4 Å². The number of nitrogens with two attached hydrogens (primary N) is 1. The van der Waals surface area contributed by atoms with Crippen LogP contribution in [-0.2, 0) is 0 Å². The third-order valence-corrected chi connectivity index (χ3v) is 3.15. The Morgan fingerprint density at radius 2 is 2.35 bits per heavy atom. The number of nitro groups is 1. The molecule has 1 aromatic carbocycles. The lowest BCUT2D eigenvalue weighted by molar-refractivity contribution is -0.382. The number of benzene rings is 1. The fourth-order valence-corrected chi connectivity index (χ4v) is 2.25. The number of aromatic nitrogens is 1. The van der Waals surface area contributed by atoms with Crippen LogP contribution in [0.25, 0.3) is 10.2 Å². The topological polar surface area (TPSA) is 94.1 Å². The van der Waals surface area contributed by atoms with Crippen molar-refractivity contribution in [2.24, 2.45) is 5.73 Å². The summed E-state index contributed by atoms with van der Waals surface area (Å²) in [5.74, 6) is 0. The van der Waals surface area contributed by atoms with Gasteiger partial charge in [0, 0.05) is 6.54 Å². The number of nitrogens with zero attached hydrogens (tertiary/aromatic N) is 2. The monoisotopic (exact) mass is 252 g/mol. The summed E-state index contributed by atoms with van der Waals surface area (Å²) in [6.45, 7) is 1.17. The highest BCUT2D eigenvalue weighted by atomic mass is 32.1. The normalized spacial score (nSPS) is 10.6. The molecule has 0 aliphatic rings. The second-order valence-corrected chi connectivity index (χ2v) is 4.37. The third kappa shape index (κ3) is 2.34. The standard InChI is InChI=1S/C10H12N4O2S/c11-4-1-5-12-7-2-3-8-9(13-6-17-8)10(7)14(15)16/h2-3,6,12H,1,4-5,11H2. The molecule has 0 amide bonds. The molecule has 0 aliphatic heterocycles. The van der Waals surface area contributed by atoms with Crippen LogP contribution in [0.15, 0.2) is 17.6 Å². The van der Waals surface area contributed by atoms with Gasteiger partial charge in [-0.25, -0.2) is 4.98 Å². The van der Waals surface area contributed by atoms with Gasteiger partial charge in [0.25, 0.3) is 0 Å². The summed E-state index contributed by atoms with van der Waals surface area (Å²) < 4.78 is 0.820. The zero-order valence-corrected chi connectivity index (χ0v) is 9.87. The molecule has 0 fully saturated rings. The molecular weight excluding hydrogens is 240 g/mol. The van der Waals surface area contributed by atoms with Crippen molar-refractivity contribution in [3.8, 4) is 0 Å². The SMILES string of the molecule is NCCCNc1ccc2scnc2c1[N+](=O)[O-]. The molecule has 2 aromatic rings. The first-order valence-corrected chi connectivity index (χ1v) is 6.06. The van der Waals surface area contributed by atoms with Gasteiger partial charge in [-0.3, -0.25) is 10.1 Å². The van der Waals surface area contributed by atoms with Crippen LogP contribution in [0.1, 0.15) is 6.42 Å². The van der Waals surface area contributed by atoms with Gasteiger partial charge >= 0.3 is 5.69 Å². The van der Waals surface area contributed by atoms with E-state index in [1.807, 2.05) is 6.07 Å². The molecule has 6 nitrogen and oxygen atoms in total. The Bertz CT molecular complexity index is 540. The van der Waals surface area contributed by atoms with E-state index in [9.17, 15) is 10.1 Å². The van der Waals surface area contributed by atoms with Crippen LogP contribution >= 0.6 is 11.3 Å². The summed E-state index contributed by atoms with van der Waals surface area (Å²) in [5, 5.41) is 14.1. The van der Waals surface area contributed by atoms with Crippen LogP contribution in [0.4, 0.5) is 11.4 Å². The molecule has 90 valence electrons. The van der Waals surface area contributed by atoms with E-state index in [4.69, 9.17) is 5.73 Å². The zero-order chi connectivity index (χ0) is 12.3. The number of hydrogen-bond donors (Lipinski definition) is 2. The van der Waals surface area contributed by atoms with E-state index >= 15 is 0 Å². The highest BCUT2D eigenvalue weighted by Gasteiger charge is 2.19. The summed E-state index contributed by atoms with van der Waals surface area (Å²) in [6.07, 6.45) is 0.770. The molecule has 0 saturated carbocycles. The first-order valence-electron chi connectivity index (χ1n) is 5.18. The minimum atomic E-state index is -0.396. The van der Waals surface area contributed by atoms with Gasteiger partial charge in [-0.15, -0.1) is 11.3 Å². The summed E-state index contributed by atoms with van der Waals surface area (Å²) >= 11 is 1.39. The van der Waals surface area contributed by atoms with Crippen molar-refractivity contribution in [3.63, 3.8) is 0 Å². The van der Waals surface area contributed by atoms with E-state index in [1.165, 1.54) is 11.3 Å². The maximum Gasteiger partial charge on any atom is 0.319 e. The van der Waals surface area contributed by atoms with Crippen molar-refractivity contribution in [1.29, 1.82) is 0 Å². The Hall–Kier alpha value is -1.73. The number of rotatable bonds is 5. The number of nitrogens with one attached hydrogen (secondary N) is 1. The zero-order valence-electron chi connectivity index (χ0n) is 9.05. The molecule has 2 rings (SSSR count). The van der Waals surface area contributed by atoms with Gasteiger partial charge in [-0.2, -0.15) is 0 Å². The van der Waals surface area contributed by atoms with Gasteiger partial charge in [-0.1, -0.05) is 0 Å². The van der Waals surface area contributed by atoms with Gasteiger partial charge in [0.1, 0.15) is 5.69 Å². The Kier molecular flexibility index (Phi) is 3.50. The highest BCUT2D eigenvalue weighted by Crippen LogP contribution is 2.34. The van der Waals surface area contributed by atoms with Crippen LogP contribution < -0.4 is 11.1 Å². The Labute approximate surface area is 102 Å². The molecule has 0 bridgehead atoms. The third-order valence-electron chi connectivity index (χ3n) is 2.35. The molecule has 0 atom stereocenters. The van der Waals surface area contributed by atoms with Crippen LogP contribution in [0, 0.1) is 10.1 Å². The molecule has 0 spiro atoms. The second kappa shape index (κ2) is 5.07. The van der Waals surface area contributed by atoms with E-state index in [2.05, 4.69) is 10.3 Å². The second-order valence-electron chi connectivity index (χ2n) is 3.49. The minimum Gasteiger partial charge on any atom is -0.379 e. The summed E-state index contributed by atoms with van der Waals surface area (Å²) in [4.78, 5) is 14.7. The van der Waals surface area contributed by atoms with Gasteiger partial charge in [0.05, 0.1) is 15.1 Å². The van der Waals surface area contributed by atoms with Crippen LogP contribution in [-0.4, -0.2) is 23.0 Å². The number of thiazole rings is 1. The molecule has 0 aliphatic carbocycles. The summed E-state index contributed by atoms with van der Waals surface area (Å²) in [6, 6.07) is 3.56. The number of fused-ring (bicyclic) bond motifs is 1. The molecule has 1 heterocycles. The Balaban J connectivity index is 2.39. The molecule has 0 unspecified atom stereocenters. The minimum absolute atomic E-state index is 0.0424. The van der Waals surface area contributed by atoms with Crippen molar-refractivity contribution in [3.05, 3.63) is 27.8 Å². The molecule has 1 aromatic heterocycles. The van der Waals surface area contributed by atoms with E-state index in [0.717, 1.165) is 11.1 Å². The molecule has 3 N–H and O–H groups in total.